The molecule has 6 heteroatoms. The first kappa shape index (κ1) is 13.3. The average molecular weight is 280 g/mol. The van der Waals surface area contributed by atoms with Crippen LogP contribution in [0.5, 0.6) is 0 Å². The summed E-state index contributed by atoms with van der Waals surface area (Å²) in [6.45, 7) is 2.78. The van der Waals surface area contributed by atoms with Crippen LogP contribution >= 0.6 is 0 Å². The maximum Gasteiger partial charge on any atom is 0.180 e. The summed E-state index contributed by atoms with van der Waals surface area (Å²) in [6.07, 6.45) is 1.74. The topological polar surface area (TPSA) is 81.7 Å². The Morgan fingerprint density at radius 3 is 2.67 bits per heavy atom. The third-order valence-electron chi connectivity index (χ3n) is 3.19. The molecule has 2 heterocycles. The van der Waals surface area contributed by atoms with Gasteiger partial charge in [0.15, 0.2) is 5.82 Å². The van der Waals surface area contributed by atoms with Crippen LogP contribution < -0.4 is 11.3 Å². The van der Waals surface area contributed by atoms with Gasteiger partial charge in [-0.2, -0.15) is 5.10 Å². The maximum absolute atomic E-state index is 5.53. The summed E-state index contributed by atoms with van der Waals surface area (Å²) >= 11 is 0. The second kappa shape index (κ2) is 5.72. The van der Waals surface area contributed by atoms with E-state index in [0.29, 0.717) is 11.6 Å². The van der Waals surface area contributed by atoms with Crippen LogP contribution in [0, 0.1) is 0 Å². The summed E-state index contributed by atoms with van der Waals surface area (Å²) in [5, 5.41) is 4.25. The van der Waals surface area contributed by atoms with E-state index in [2.05, 4.69) is 20.5 Å². The van der Waals surface area contributed by atoms with Crippen molar-refractivity contribution in [2.75, 3.05) is 5.43 Å². The van der Waals surface area contributed by atoms with Crippen LogP contribution in [-0.2, 0) is 6.54 Å². The molecular weight excluding hydrogens is 264 g/mol. The highest BCUT2D eigenvalue weighted by molar-refractivity contribution is 5.66. The second-order valence-corrected chi connectivity index (χ2v) is 4.50. The Bertz CT molecular complexity index is 735. The van der Waals surface area contributed by atoms with E-state index in [4.69, 9.17) is 5.84 Å². The zero-order valence-electron chi connectivity index (χ0n) is 11.7. The summed E-state index contributed by atoms with van der Waals surface area (Å²) in [7, 11) is 0. The molecule has 0 saturated heterocycles. The largest absolute Gasteiger partial charge is 0.308 e. The van der Waals surface area contributed by atoms with Crippen molar-refractivity contribution in [2.24, 2.45) is 5.84 Å². The monoisotopic (exact) mass is 280 g/mol. The fourth-order valence-corrected chi connectivity index (χ4v) is 2.17. The minimum absolute atomic E-state index is 0.572. The molecule has 106 valence electrons. The molecule has 3 rings (SSSR count). The van der Waals surface area contributed by atoms with Crippen molar-refractivity contribution >= 4 is 5.82 Å². The molecule has 0 aliphatic heterocycles. The van der Waals surface area contributed by atoms with Gasteiger partial charge in [0.25, 0.3) is 0 Å². The molecule has 0 aliphatic carbocycles. The molecule has 2 aromatic heterocycles. The van der Waals surface area contributed by atoms with Gasteiger partial charge in [-0.15, -0.1) is 0 Å². The van der Waals surface area contributed by atoms with Gasteiger partial charge in [-0.25, -0.2) is 15.8 Å². The normalized spacial score (nSPS) is 10.6. The number of nitrogens with one attached hydrogen (secondary N) is 1. The number of nitrogens with two attached hydrogens (primary N) is 1. The van der Waals surface area contributed by atoms with E-state index in [1.807, 2.05) is 54.1 Å². The molecule has 0 amide bonds. The Morgan fingerprint density at radius 1 is 1.14 bits per heavy atom. The van der Waals surface area contributed by atoms with E-state index in [1.165, 1.54) is 0 Å². The van der Waals surface area contributed by atoms with Crippen LogP contribution in [0.3, 0.4) is 0 Å². The van der Waals surface area contributed by atoms with Crippen molar-refractivity contribution in [1.29, 1.82) is 0 Å². The molecule has 0 atom stereocenters. The third-order valence-corrected chi connectivity index (χ3v) is 3.19. The van der Waals surface area contributed by atoms with Crippen LogP contribution in [0.4, 0.5) is 5.82 Å². The summed E-state index contributed by atoms with van der Waals surface area (Å²) < 4.78 is 1.85. The lowest BCUT2D eigenvalue weighted by Crippen LogP contribution is -2.11. The summed E-state index contributed by atoms with van der Waals surface area (Å²) in [4.78, 5) is 9.06. The van der Waals surface area contributed by atoms with Gasteiger partial charge in [-0.3, -0.25) is 4.68 Å². The number of benzene rings is 1. The first-order valence-electron chi connectivity index (χ1n) is 6.75. The predicted octanol–water partition coefficient (Wildman–Crippen LogP) is 2.31. The molecule has 0 saturated carbocycles. The fraction of sp³-hybridized carbons (Fsp3) is 0.133. The molecule has 0 spiro atoms. The summed E-state index contributed by atoms with van der Waals surface area (Å²) in [5.41, 5.74) is 5.29. The highest BCUT2D eigenvalue weighted by Gasteiger charge is 2.11. The molecule has 0 radical (unpaired) electrons. The number of hydrazine groups is 1. The van der Waals surface area contributed by atoms with Crippen molar-refractivity contribution in [1.82, 2.24) is 19.7 Å². The highest BCUT2D eigenvalue weighted by Crippen LogP contribution is 2.23. The Kier molecular flexibility index (Phi) is 3.61. The number of rotatable bonds is 4. The van der Waals surface area contributed by atoms with E-state index in [-0.39, 0.29) is 0 Å². The molecule has 6 nitrogen and oxygen atoms in total. The van der Waals surface area contributed by atoms with Crippen LogP contribution in [0.1, 0.15) is 6.92 Å². The van der Waals surface area contributed by atoms with Gasteiger partial charge < -0.3 is 5.43 Å². The number of aromatic nitrogens is 4. The molecule has 0 bridgehead atoms. The number of nitrogen functional groups attached to an aromatic ring is 1. The standard InChI is InChI=1S/C15H16N6/c1-2-21-13(8-9-17-21)15-18-12(10-14(19-15)20-16)11-6-4-3-5-7-11/h3-10H,2,16H2,1H3,(H,18,19,20). The number of nitrogens with zero attached hydrogens (tertiary/aromatic N) is 4. The zero-order chi connectivity index (χ0) is 14.7. The Morgan fingerprint density at radius 2 is 1.95 bits per heavy atom. The van der Waals surface area contributed by atoms with E-state index in [9.17, 15) is 0 Å². The SMILES string of the molecule is CCn1nccc1-c1nc(NN)cc(-c2ccccc2)n1. The van der Waals surface area contributed by atoms with Crippen molar-refractivity contribution in [3.05, 3.63) is 48.7 Å². The van der Waals surface area contributed by atoms with Crippen LogP contribution in [0.15, 0.2) is 48.7 Å². The Labute approximate surface area is 122 Å². The van der Waals surface area contributed by atoms with Gasteiger partial charge >= 0.3 is 0 Å². The van der Waals surface area contributed by atoms with Gasteiger partial charge in [0.2, 0.25) is 0 Å². The van der Waals surface area contributed by atoms with Gasteiger partial charge in [-0.05, 0) is 13.0 Å². The van der Waals surface area contributed by atoms with Gasteiger partial charge in [-0.1, -0.05) is 30.3 Å². The van der Waals surface area contributed by atoms with Crippen molar-refractivity contribution in [2.45, 2.75) is 13.5 Å². The lowest BCUT2D eigenvalue weighted by Gasteiger charge is -2.09. The number of anilines is 1. The molecule has 3 N–H and O–H groups in total. The molecule has 0 fully saturated rings. The van der Waals surface area contributed by atoms with Crippen molar-refractivity contribution < 1.29 is 0 Å². The Balaban J connectivity index is 2.14. The smallest absolute Gasteiger partial charge is 0.180 e. The molecule has 0 aliphatic rings. The third kappa shape index (κ3) is 2.61. The zero-order valence-corrected chi connectivity index (χ0v) is 11.7. The minimum atomic E-state index is 0.572. The van der Waals surface area contributed by atoms with Crippen molar-refractivity contribution in [3.63, 3.8) is 0 Å². The molecule has 1 aromatic carbocycles. The second-order valence-electron chi connectivity index (χ2n) is 4.50. The maximum atomic E-state index is 5.53. The van der Waals surface area contributed by atoms with E-state index < -0.39 is 0 Å². The van der Waals surface area contributed by atoms with Crippen LogP contribution in [0.2, 0.25) is 0 Å². The number of aryl methyl sites for hydroxylation is 1. The lowest BCUT2D eigenvalue weighted by atomic mass is 10.1. The average Bonchev–Trinajstić information content (AvgIpc) is 3.04. The summed E-state index contributed by atoms with van der Waals surface area (Å²) in [5.74, 6) is 6.70. The predicted molar refractivity (Wildman–Crippen MR) is 82.2 cm³/mol. The lowest BCUT2D eigenvalue weighted by molar-refractivity contribution is 0.664. The molecule has 0 unspecified atom stereocenters. The number of hydrogen-bond donors (Lipinski definition) is 2. The highest BCUT2D eigenvalue weighted by atomic mass is 15.3. The van der Waals surface area contributed by atoms with E-state index in [0.717, 1.165) is 23.5 Å². The Hall–Kier alpha value is -2.73. The number of hydrogen-bond acceptors (Lipinski definition) is 5. The molecule has 3 aromatic rings. The first-order valence-corrected chi connectivity index (χ1v) is 6.75. The van der Waals surface area contributed by atoms with Gasteiger partial charge in [0, 0.05) is 24.4 Å². The van der Waals surface area contributed by atoms with E-state index in [1.54, 1.807) is 6.20 Å². The van der Waals surface area contributed by atoms with Crippen molar-refractivity contribution in [3.8, 4) is 22.8 Å². The van der Waals surface area contributed by atoms with Gasteiger partial charge in [0.05, 0.1) is 5.69 Å². The minimum Gasteiger partial charge on any atom is -0.308 e. The fourth-order valence-electron chi connectivity index (χ4n) is 2.17. The van der Waals surface area contributed by atoms with E-state index >= 15 is 0 Å². The van der Waals surface area contributed by atoms with Crippen LogP contribution in [0.25, 0.3) is 22.8 Å². The summed E-state index contributed by atoms with van der Waals surface area (Å²) in [6, 6.07) is 13.7. The van der Waals surface area contributed by atoms with Gasteiger partial charge in [0.1, 0.15) is 11.5 Å². The van der Waals surface area contributed by atoms with Crippen LogP contribution in [-0.4, -0.2) is 19.7 Å². The molecular formula is C15H16N6. The quantitative estimate of drug-likeness (QED) is 0.566. The molecule has 21 heavy (non-hydrogen) atoms. The first-order chi connectivity index (χ1) is 10.3.